The molecule has 0 radical (unpaired) electrons. The first-order valence-corrected chi connectivity index (χ1v) is 2.92. The first-order valence-electron chi connectivity index (χ1n) is 2.38. The second-order valence-electron chi connectivity index (χ2n) is 1.42. The Morgan fingerprint density at radius 1 is 1.78 bits per heavy atom. The van der Waals surface area contributed by atoms with Gasteiger partial charge in [0.2, 0.25) is 0 Å². The van der Waals surface area contributed by atoms with E-state index in [1.165, 1.54) is 0 Å². The van der Waals surface area contributed by atoms with Crippen LogP contribution in [-0.2, 0) is 6.54 Å². The van der Waals surface area contributed by atoms with Crippen molar-refractivity contribution >= 4 is 11.6 Å². The second-order valence-corrected chi connectivity index (χ2v) is 1.80. The summed E-state index contributed by atoms with van der Waals surface area (Å²) in [4.78, 5) is 10.5. The van der Waals surface area contributed by atoms with Crippen LogP contribution < -0.4 is 5.69 Å². The zero-order valence-electron chi connectivity index (χ0n) is 4.54. The van der Waals surface area contributed by atoms with Crippen molar-refractivity contribution < 1.29 is 0 Å². The number of hydrogen-bond acceptors (Lipinski definition) is 3. The van der Waals surface area contributed by atoms with Crippen molar-refractivity contribution in [3.05, 3.63) is 10.5 Å². The van der Waals surface area contributed by atoms with E-state index >= 15 is 0 Å². The minimum Gasteiger partial charge on any atom is -0.245 e. The number of nitrogens with one attached hydrogen (secondary N) is 1. The smallest absolute Gasteiger partial charge is 0.245 e. The number of aryl methyl sites for hydroxylation is 1. The average Bonchev–Trinajstić information content (AvgIpc) is 2.18. The van der Waals surface area contributed by atoms with Crippen molar-refractivity contribution in [1.29, 1.82) is 0 Å². The standard InChI is InChI=1S/C3H5ClN4O/c4-1-2-8-3(9)5-6-7-8/h1-2H2,(H,5,7,9). The Bertz CT molecular complexity index is 228. The molecular weight excluding hydrogens is 144 g/mol. The lowest BCUT2D eigenvalue weighted by molar-refractivity contribution is 0.613. The Kier molecular flexibility index (Phi) is 1.84. The molecule has 1 heterocycles. The second kappa shape index (κ2) is 2.63. The third-order valence-corrected chi connectivity index (χ3v) is 0.998. The molecule has 1 N–H and O–H groups in total. The Hall–Kier alpha value is -0.840. The van der Waals surface area contributed by atoms with Gasteiger partial charge in [0.1, 0.15) is 0 Å². The maximum atomic E-state index is 10.5. The Labute approximate surface area is 55.6 Å². The molecule has 0 aliphatic carbocycles. The number of H-pyrrole nitrogens is 1. The van der Waals surface area contributed by atoms with Gasteiger partial charge in [0, 0.05) is 5.88 Å². The number of nitrogens with zero attached hydrogens (tertiary/aromatic N) is 3. The molecule has 0 bridgehead atoms. The summed E-state index contributed by atoms with van der Waals surface area (Å²) in [5.41, 5.74) is -0.323. The molecule has 5 nitrogen and oxygen atoms in total. The number of alkyl halides is 1. The molecule has 0 amide bonds. The largest absolute Gasteiger partial charge is 0.361 e. The highest BCUT2D eigenvalue weighted by atomic mass is 35.5. The molecule has 0 saturated carbocycles. The fraction of sp³-hybridized carbons (Fsp3) is 0.667. The van der Waals surface area contributed by atoms with Gasteiger partial charge in [-0.15, -0.1) is 11.6 Å². The third-order valence-electron chi connectivity index (χ3n) is 0.829. The van der Waals surface area contributed by atoms with Gasteiger partial charge in [0.25, 0.3) is 0 Å². The van der Waals surface area contributed by atoms with Gasteiger partial charge in [0.05, 0.1) is 6.54 Å². The van der Waals surface area contributed by atoms with Crippen molar-refractivity contribution in [2.45, 2.75) is 6.54 Å². The SMILES string of the molecule is O=c1[nH]nnn1CCCl. The van der Waals surface area contributed by atoms with Crippen molar-refractivity contribution in [2.24, 2.45) is 0 Å². The van der Waals surface area contributed by atoms with Crippen LogP contribution in [0, 0.1) is 0 Å². The van der Waals surface area contributed by atoms with Crippen LogP contribution in [-0.4, -0.2) is 26.1 Å². The van der Waals surface area contributed by atoms with Crippen molar-refractivity contribution in [2.75, 3.05) is 5.88 Å². The lowest BCUT2D eigenvalue weighted by atomic mass is 10.8. The fourth-order valence-electron chi connectivity index (χ4n) is 0.444. The zero-order valence-corrected chi connectivity index (χ0v) is 5.30. The molecule has 50 valence electrons. The summed E-state index contributed by atoms with van der Waals surface area (Å²) in [7, 11) is 0. The first kappa shape index (κ1) is 6.28. The van der Waals surface area contributed by atoms with E-state index in [-0.39, 0.29) is 5.69 Å². The lowest BCUT2D eigenvalue weighted by Gasteiger charge is -1.87. The van der Waals surface area contributed by atoms with Gasteiger partial charge in [-0.25, -0.2) is 9.89 Å². The van der Waals surface area contributed by atoms with Gasteiger partial charge in [-0.3, -0.25) is 0 Å². The molecule has 0 aliphatic rings. The van der Waals surface area contributed by atoms with E-state index in [0.29, 0.717) is 12.4 Å². The lowest BCUT2D eigenvalue weighted by Crippen LogP contribution is -2.18. The van der Waals surface area contributed by atoms with Crippen molar-refractivity contribution in [3.63, 3.8) is 0 Å². The van der Waals surface area contributed by atoms with E-state index in [4.69, 9.17) is 11.6 Å². The minimum absolute atomic E-state index is 0.323. The predicted molar refractivity (Wildman–Crippen MR) is 31.4 cm³/mol. The molecule has 0 atom stereocenters. The summed E-state index contributed by atoms with van der Waals surface area (Å²) in [5, 5.41) is 8.82. The summed E-state index contributed by atoms with van der Waals surface area (Å²) < 4.78 is 1.16. The monoisotopic (exact) mass is 148 g/mol. The van der Waals surface area contributed by atoms with Crippen LogP contribution in [0.5, 0.6) is 0 Å². The van der Waals surface area contributed by atoms with Gasteiger partial charge in [0.15, 0.2) is 0 Å². The first-order chi connectivity index (χ1) is 4.34. The summed E-state index contributed by atoms with van der Waals surface area (Å²) >= 11 is 5.32. The Morgan fingerprint density at radius 3 is 3.00 bits per heavy atom. The van der Waals surface area contributed by atoms with E-state index in [1.807, 2.05) is 0 Å². The van der Waals surface area contributed by atoms with Crippen LogP contribution in [0.3, 0.4) is 0 Å². The maximum absolute atomic E-state index is 10.5. The molecule has 1 aromatic heterocycles. The van der Waals surface area contributed by atoms with Crippen LogP contribution in [0.2, 0.25) is 0 Å². The Morgan fingerprint density at radius 2 is 2.56 bits per heavy atom. The zero-order chi connectivity index (χ0) is 6.69. The molecule has 9 heavy (non-hydrogen) atoms. The van der Waals surface area contributed by atoms with E-state index in [9.17, 15) is 4.79 Å². The van der Waals surface area contributed by atoms with E-state index in [0.717, 1.165) is 4.68 Å². The molecule has 0 aliphatic heterocycles. The molecular formula is C3H5ClN4O. The highest BCUT2D eigenvalue weighted by Crippen LogP contribution is 1.75. The van der Waals surface area contributed by atoms with Crippen molar-refractivity contribution in [3.8, 4) is 0 Å². The highest BCUT2D eigenvalue weighted by Gasteiger charge is 1.94. The topological polar surface area (TPSA) is 63.6 Å². The van der Waals surface area contributed by atoms with Crippen LogP contribution in [0.4, 0.5) is 0 Å². The summed E-state index contributed by atoms with van der Waals surface area (Å²) in [6, 6.07) is 0. The molecule has 0 fully saturated rings. The number of aromatic nitrogens is 4. The molecule has 0 saturated heterocycles. The van der Waals surface area contributed by atoms with Crippen LogP contribution >= 0.6 is 11.6 Å². The highest BCUT2D eigenvalue weighted by molar-refractivity contribution is 6.17. The van der Waals surface area contributed by atoms with Crippen LogP contribution in [0.15, 0.2) is 4.79 Å². The van der Waals surface area contributed by atoms with Crippen LogP contribution in [0.1, 0.15) is 0 Å². The maximum Gasteiger partial charge on any atom is 0.361 e. The van der Waals surface area contributed by atoms with E-state index in [1.54, 1.807) is 0 Å². The third kappa shape index (κ3) is 1.29. The molecule has 0 unspecified atom stereocenters. The fourth-order valence-corrected chi connectivity index (χ4v) is 0.604. The molecule has 1 aromatic rings. The summed E-state index contributed by atoms with van der Waals surface area (Å²) in [5.74, 6) is 0.368. The normalized spacial score (nSPS) is 9.89. The predicted octanol–water partition coefficient (Wildman–Crippen LogP) is -0.795. The number of halogens is 1. The average molecular weight is 149 g/mol. The summed E-state index contributed by atoms with van der Waals surface area (Å²) in [6.45, 7) is 0.400. The molecule has 1 rings (SSSR count). The van der Waals surface area contributed by atoms with E-state index in [2.05, 4.69) is 15.5 Å². The molecule has 6 heteroatoms. The summed E-state index contributed by atoms with van der Waals surface area (Å²) in [6.07, 6.45) is 0. The minimum atomic E-state index is -0.323. The number of aromatic amines is 1. The van der Waals surface area contributed by atoms with Crippen LogP contribution in [0.25, 0.3) is 0 Å². The quantitative estimate of drug-likeness (QED) is 0.559. The van der Waals surface area contributed by atoms with Gasteiger partial charge in [-0.05, 0) is 10.4 Å². The number of tetrazole rings is 1. The van der Waals surface area contributed by atoms with E-state index < -0.39 is 0 Å². The number of hydrogen-bond donors (Lipinski definition) is 1. The van der Waals surface area contributed by atoms with Gasteiger partial charge >= 0.3 is 5.69 Å². The van der Waals surface area contributed by atoms with Crippen molar-refractivity contribution in [1.82, 2.24) is 20.2 Å². The Balaban J connectivity index is 2.81. The van der Waals surface area contributed by atoms with Gasteiger partial charge in [-0.2, -0.15) is 4.68 Å². The molecule has 0 aromatic carbocycles. The van der Waals surface area contributed by atoms with Gasteiger partial charge in [-0.1, -0.05) is 0 Å². The number of rotatable bonds is 2. The van der Waals surface area contributed by atoms with Gasteiger partial charge < -0.3 is 0 Å². The molecule has 0 spiro atoms.